The highest BCUT2D eigenvalue weighted by Crippen LogP contribution is 2.32. The van der Waals surface area contributed by atoms with Crippen molar-refractivity contribution in [2.24, 2.45) is 10.9 Å². The summed E-state index contributed by atoms with van der Waals surface area (Å²) in [5.74, 6) is 0.196. The number of amidine groups is 1. The van der Waals surface area contributed by atoms with Crippen molar-refractivity contribution in [3.05, 3.63) is 23.8 Å². The highest BCUT2D eigenvalue weighted by atomic mass is 32.2. The molecule has 2 rings (SSSR count). The first-order chi connectivity index (χ1) is 9.69. The van der Waals surface area contributed by atoms with Gasteiger partial charge in [0.15, 0.2) is 5.84 Å². The van der Waals surface area contributed by atoms with Crippen LogP contribution < -0.4 is 10.6 Å². The molecule has 0 bridgehead atoms. The van der Waals surface area contributed by atoms with Gasteiger partial charge in [-0.3, -0.25) is 0 Å². The molecule has 20 heavy (non-hydrogen) atoms. The van der Waals surface area contributed by atoms with Crippen LogP contribution in [0.3, 0.4) is 0 Å². The Balaban J connectivity index is 2.49. The van der Waals surface area contributed by atoms with Crippen molar-refractivity contribution in [1.29, 1.82) is 0 Å². The summed E-state index contributed by atoms with van der Waals surface area (Å²) in [6, 6.07) is 6.63. The summed E-state index contributed by atoms with van der Waals surface area (Å²) < 4.78 is 0. The fourth-order valence-corrected chi connectivity index (χ4v) is 3.50. The second kappa shape index (κ2) is 6.88. The molecule has 1 atom stereocenters. The first-order valence-electron chi connectivity index (χ1n) is 7.10. The molecule has 0 aliphatic carbocycles. The summed E-state index contributed by atoms with van der Waals surface area (Å²) in [5.41, 5.74) is 7.87. The van der Waals surface area contributed by atoms with Gasteiger partial charge in [-0.2, -0.15) is 0 Å². The molecule has 1 heterocycles. The molecule has 0 radical (unpaired) electrons. The SMILES string of the molecule is CSc1cccc(N2CCCCCC2C)c1/C(N)=N/O. The van der Waals surface area contributed by atoms with Crippen molar-refractivity contribution in [2.75, 3.05) is 17.7 Å². The topological polar surface area (TPSA) is 61.8 Å². The number of nitrogens with zero attached hydrogens (tertiary/aromatic N) is 2. The third-order valence-corrected chi connectivity index (χ3v) is 4.73. The Hall–Kier alpha value is -1.36. The minimum Gasteiger partial charge on any atom is -0.409 e. The highest BCUT2D eigenvalue weighted by Gasteiger charge is 2.22. The van der Waals surface area contributed by atoms with Crippen LogP contribution in [0.5, 0.6) is 0 Å². The Morgan fingerprint density at radius 1 is 1.40 bits per heavy atom. The molecule has 1 fully saturated rings. The molecule has 1 aliphatic heterocycles. The number of hydrogen-bond acceptors (Lipinski definition) is 4. The average molecular weight is 293 g/mol. The first kappa shape index (κ1) is 15.0. The maximum absolute atomic E-state index is 9.09. The smallest absolute Gasteiger partial charge is 0.173 e. The van der Waals surface area contributed by atoms with E-state index in [0.29, 0.717) is 6.04 Å². The summed E-state index contributed by atoms with van der Waals surface area (Å²) in [6.45, 7) is 3.29. The van der Waals surface area contributed by atoms with E-state index in [-0.39, 0.29) is 5.84 Å². The van der Waals surface area contributed by atoms with Gasteiger partial charge in [0.05, 0.1) is 5.56 Å². The van der Waals surface area contributed by atoms with E-state index < -0.39 is 0 Å². The fourth-order valence-electron chi connectivity index (χ4n) is 2.87. The minimum atomic E-state index is 0.196. The predicted molar refractivity (Wildman–Crippen MR) is 86.0 cm³/mol. The third kappa shape index (κ3) is 3.03. The summed E-state index contributed by atoms with van der Waals surface area (Å²) in [7, 11) is 0. The van der Waals surface area contributed by atoms with Gasteiger partial charge in [0, 0.05) is 23.2 Å². The lowest BCUT2D eigenvalue weighted by Gasteiger charge is -2.31. The van der Waals surface area contributed by atoms with Crippen molar-refractivity contribution < 1.29 is 5.21 Å². The van der Waals surface area contributed by atoms with Gasteiger partial charge in [-0.05, 0) is 38.2 Å². The first-order valence-corrected chi connectivity index (χ1v) is 8.33. The van der Waals surface area contributed by atoms with E-state index in [9.17, 15) is 0 Å². The van der Waals surface area contributed by atoms with Crippen LogP contribution in [0.2, 0.25) is 0 Å². The second-order valence-corrected chi connectivity index (χ2v) is 6.08. The Labute approximate surface area is 125 Å². The molecule has 5 heteroatoms. The van der Waals surface area contributed by atoms with Crippen molar-refractivity contribution in [3.63, 3.8) is 0 Å². The van der Waals surface area contributed by atoms with Crippen LogP contribution in [0, 0.1) is 0 Å². The molecule has 0 aromatic heterocycles. The third-order valence-electron chi connectivity index (χ3n) is 3.95. The molecule has 1 aromatic rings. The standard InChI is InChI=1S/C15H23N3OS/c1-11-7-4-3-5-10-18(11)12-8-6-9-13(20-2)14(12)15(16)17-19/h6,8-9,11,19H,3-5,7,10H2,1-2H3,(H2,16,17). The molecule has 1 aromatic carbocycles. The highest BCUT2D eigenvalue weighted by molar-refractivity contribution is 7.98. The number of oxime groups is 1. The Bertz CT molecular complexity index is 490. The van der Waals surface area contributed by atoms with Crippen LogP contribution in [0.4, 0.5) is 5.69 Å². The molecular formula is C15H23N3OS. The maximum atomic E-state index is 9.09. The summed E-state index contributed by atoms with van der Waals surface area (Å²) >= 11 is 1.63. The number of benzene rings is 1. The number of anilines is 1. The van der Waals surface area contributed by atoms with Crippen LogP contribution in [-0.4, -0.2) is 29.9 Å². The molecule has 0 saturated carbocycles. The van der Waals surface area contributed by atoms with Crippen LogP contribution in [0.15, 0.2) is 28.3 Å². The van der Waals surface area contributed by atoms with E-state index in [1.54, 1.807) is 11.8 Å². The number of thioether (sulfide) groups is 1. The lowest BCUT2D eigenvalue weighted by molar-refractivity contribution is 0.318. The van der Waals surface area contributed by atoms with Gasteiger partial charge < -0.3 is 15.8 Å². The van der Waals surface area contributed by atoms with Gasteiger partial charge in [-0.15, -0.1) is 11.8 Å². The number of rotatable bonds is 3. The minimum absolute atomic E-state index is 0.196. The Morgan fingerprint density at radius 3 is 2.90 bits per heavy atom. The molecule has 0 amide bonds. The van der Waals surface area contributed by atoms with Crippen molar-refractivity contribution in [2.45, 2.75) is 43.5 Å². The number of nitrogens with two attached hydrogens (primary N) is 1. The van der Waals surface area contributed by atoms with E-state index in [2.05, 4.69) is 23.0 Å². The summed E-state index contributed by atoms with van der Waals surface area (Å²) in [4.78, 5) is 3.45. The summed E-state index contributed by atoms with van der Waals surface area (Å²) in [6.07, 6.45) is 6.96. The van der Waals surface area contributed by atoms with Crippen LogP contribution in [-0.2, 0) is 0 Å². The Morgan fingerprint density at radius 2 is 2.20 bits per heavy atom. The van der Waals surface area contributed by atoms with Gasteiger partial charge in [-0.1, -0.05) is 24.1 Å². The lowest BCUT2D eigenvalue weighted by atomic mass is 10.1. The molecular weight excluding hydrogens is 270 g/mol. The average Bonchev–Trinajstić information content (AvgIpc) is 2.70. The normalized spacial score (nSPS) is 20.8. The van der Waals surface area contributed by atoms with Crippen LogP contribution >= 0.6 is 11.8 Å². The van der Waals surface area contributed by atoms with Crippen molar-refractivity contribution >= 4 is 23.3 Å². The largest absolute Gasteiger partial charge is 0.409 e. The van der Waals surface area contributed by atoms with Gasteiger partial charge in [0.2, 0.25) is 0 Å². The second-order valence-electron chi connectivity index (χ2n) is 5.23. The van der Waals surface area contributed by atoms with Crippen LogP contribution in [0.1, 0.15) is 38.2 Å². The van der Waals surface area contributed by atoms with E-state index in [4.69, 9.17) is 10.9 Å². The quantitative estimate of drug-likeness (QED) is 0.295. The van der Waals surface area contributed by atoms with Crippen molar-refractivity contribution in [1.82, 2.24) is 0 Å². The zero-order chi connectivity index (χ0) is 14.5. The zero-order valence-corrected chi connectivity index (χ0v) is 13.0. The summed E-state index contributed by atoms with van der Waals surface area (Å²) in [5, 5.41) is 12.3. The van der Waals surface area contributed by atoms with E-state index in [1.807, 2.05) is 18.4 Å². The molecule has 3 N–H and O–H groups in total. The predicted octanol–water partition coefficient (Wildman–Crippen LogP) is 3.27. The molecule has 4 nitrogen and oxygen atoms in total. The van der Waals surface area contributed by atoms with E-state index in [0.717, 1.165) is 22.7 Å². The van der Waals surface area contributed by atoms with Gasteiger partial charge in [0.1, 0.15) is 0 Å². The molecule has 1 aliphatic rings. The zero-order valence-electron chi connectivity index (χ0n) is 12.2. The molecule has 1 unspecified atom stereocenters. The maximum Gasteiger partial charge on any atom is 0.173 e. The van der Waals surface area contributed by atoms with Crippen molar-refractivity contribution in [3.8, 4) is 0 Å². The van der Waals surface area contributed by atoms with Gasteiger partial charge in [-0.25, -0.2) is 0 Å². The van der Waals surface area contributed by atoms with Crippen LogP contribution in [0.25, 0.3) is 0 Å². The van der Waals surface area contributed by atoms with Gasteiger partial charge >= 0.3 is 0 Å². The van der Waals surface area contributed by atoms with E-state index in [1.165, 1.54) is 25.7 Å². The lowest BCUT2D eigenvalue weighted by Crippen LogP contribution is -2.34. The molecule has 1 saturated heterocycles. The van der Waals surface area contributed by atoms with E-state index >= 15 is 0 Å². The number of hydrogen-bond donors (Lipinski definition) is 2. The monoisotopic (exact) mass is 293 g/mol. The Kier molecular flexibility index (Phi) is 5.17. The molecule has 110 valence electrons. The van der Waals surface area contributed by atoms with Gasteiger partial charge in [0.25, 0.3) is 0 Å². The molecule has 0 spiro atoms. The fraction of sp³-hybridized carbons (Fsp3) is 0.533.